The van der Waals surface area contributed by atoms with Crippen molar-refractivity contribution in [3.05, 3.63) is 71.3 Å². The number of H-pyrrole nitrogens is 1. The fourth-order valence-electron chi connectivity index (χ4n) is 4.29. The number of aliphatic hydroxyl groups is 2. The summed E-state index contributed by atoms with van der Waals surface area (Å²) in [5.41, 5.74) is 4.19. The summed E-state index contributed by atoms with van der Waals surface area (Å²) in [6, 6.07) is 13.2. The molecule has 3 heterocycles. The topological polar surface area (TPSA) is 78.4 Å². The number of nitrogens with one attached hydrogen (secondary N) is 1. The van der Waals surface area contributed by atoms with E-state index in [1.54, 1.807) is 18.3 Å². The van der Waals surface area contributed by atoms with Gasteiger partial charge in [-0.15, -0.1) is 11.8 Å². The Kier molecular flexibility index (Phi) is 7.63. The molecule has 3 aromatic rings. The van der Waals surface area contributed by atoms with E-state index in [1.165, 1.54) is 11.8 Å². The standard InChI is InChI=1S/C25H29FN2O3S/c1-32-25-7-3-17(13-20(25)26)19(12-16-8-10-31-11-9-16)21-5-6-23(28-21)22-4-2-18(14-27-22)24(30)15-29/h2-7,13-14,16,19,24,28-30H,8-12,15H2,1H3. The van der Waals surface area contributed by atoms with Gasteiger partial charge in [-0.3, -0.25) is 4.98 Å². The van der Waals surface area contributed by atoms with Crippen LogP contribution in [0.5, 0.6) is 0 Å². The van der Waals surface area contributed by atoms with Gasteiger partial charge in [0.15, 0.2) is 0 Å². The molecule has 0 amide bonds. The van der Waals surface area contributed by atoms with Crippen LogP contribution in [0.2, 0.25) is 0 Å². The molecule has 2 aromatic heterocycles. The van der Waals surface area contributed by atoms with Gasteiger partial charge in [0.25, 0.3) is 0 Å². The van der Waals surface area contributed by atoms with Crippen molar-refractivity contribution >= 4 is 11.8 Å². The van der Waals surface area contributed by atoms with E-state index in [9.17, 15) is 9.50 Å². The van der Waals surface area contributed by atoms with Gasteiger partial charge in [0.05, 0.1) is 18.0 Å². The summed E-state index contributed by atoms with van der Waals surface area (Å²) < 4.78 is 20.1. The third-order valence-corrected chi connectivity index (χ3v) is 6.96. The van der Waals surface area contributed by atoms with E-state index in [0.717, 1.165) is 55.1 Å². The van der Waals surface area contributed by atoms with E-state index in [4.69, 9.17) is 9.84 Å². The number of nitrogens with zero attached hydrogens (tertiary/aromatic N) is 1. The molecule has 1 aliphatic rings. The van der Waals surface area contributed by atoms with Crippen LogP contribution in [0.3, 0.4) is 0 Å². The Hall–Kier alpha value is -2.19. The minimum atomic E-state index is -0.932. The SMILES string of the molecule is CSc1ccc(C(CC2CCOCC2)c2ccc(-c3ccc(C(O)CO)cn3)[nH]2)cc1F. The number of benzene rings is 1. The van der Waals surface area contributed by atoms with Crippen molar-refractivity contribution in [3.8, 4) is 11.4 Å². The van der Waals surface area contributed by atoms with Crippen molar-refractivity contribution < 1.29 is 19.3 Å². The molecule has 4 rings (SSSR count). The fraction of sp³-hybridized carbons (Fsp3) is 0.400. The van der Waals surface area contributed by atoms with Gasteiger partial charge in [-0.2, -0.15) is 0 Å². The first kappa shape index (κ1) is 23.0. The summed E-state index contributed by atoms with van der Waals surface area (Å²) in [4.78, 5) is 8.58. The number of halogens is 1. The molecule has 0 saturated carbocycles. The Bertz CT molecular complexity index is 1020. The van der Waals surface area contributed by atoms with Crippen LogP contribution in [0.25, 0.3) is 11.4 Å². The zero-order valence-corrected chi connectivity index (χ0v) is 18.9. The summed E-state index contributed by atoms with van der Waals surface area (Å²) in [6.45, 7) is 1.22. The number of aromatic nitrogens is 2. The average Bonchev–Trinajstić information content (AvgIpc) is 3.33. The average molecular weight is 457 g/mol. The molecule has 7 heteroatoms. The number of thioether (sulfide) groups is 1. The molecular formula is C25H29FN2O3S. The number of rotatable bonds is 8. The lowest BCUT2D eigenvalue weighted by Crippen LogP contribution is -2.19. The van der Waals surface area contributed by atoms with Gasteiger partial charge in [0.1, 0.15) is 11.9 Å². The smallest absolute Gasteiger partial charge is 0.137 e. The summed E-state index contributed by atoms with van der Waals surface area (Å²) in [7, 11) is 0. The largest absolute Gasteiger partial charge is 0.393 e. The van der Waals surface area contributed by atoms with Crippen molar-refractivity contribution in [1.82, 2.24) is 9.97 Å². The zero-order valence-electron chi connectivity index (χ0n) is 18.1. The molecule has 1 aromatic carbocycles. The Morgan fingerprint density at radius 1 is 1.16 bits per heavy atom. The van der Waals surface area contributed by atoms with Crippen molar-refractivity contribution in [3.63, 3.8) is 0 Å². The minimum Gasteiger partial charge on any atom is -0.393 e. The van der Waals surface area contributed by atoms with E-state index in [-0.39, 0.29) is 18.3 Å². The maximum Gasteiger partial charge on any atom is 0.137 e. The molecule has 2 atom stereocenters. The van der Waals surface area contributed by atoms with Crippen LogP contribution in [0.4, 0.5) is 4.39 Å². The molecule has 32 heavy (non-hydrogen) atoms. The van der Waals surface area contributed by atoms with Gasteiger partial charge in [0.2, 0.25) is 0 Å². The van der Waals surface area contributed by atoms with E-state index in [0.29, 0.717) is 16.4 Å². The van der Waals surface area contributed by atoms with Crippen LogP contribution in [-0.4, -0.2) is 46.3 Å². The maximum atomic E-state index is 14.6. The zero-order chi connectivity index (χ0) is 22.5. The summed E-state index contributed by atoms with van der Waals surface area (Å²) in [5.74, 6) is 0.396. The second kappa shape index (κ2) is 10.6. The van der Waals surface area contributed by atoms with E-state index in [1.807, 2.05) is 30.5 Å². The molecule has 0 radical (unpaired) electrons. The first-order chi connectivity index (χ1) is 15.6. The van der Waals surface area contributed by atoms with Gasteiger partial charge in [-0.25, -0.2) is 4.39 Å². The number of hydrogen-bond donors (Lipinski definition) is 3. The normalized spacial score (nSPS) is 16.8. The quantitative estimate of drug-likeness (QED) is 0.420. The number of hydrogen-bond acceptors (Lipinski definition) is 5. The number of aliphatic hydroxyl groups excluding tert-OH is 2. The van der Waals surface area contributed by atoms with Crippen LogP contribution in [0, 0.1) is 11.7 Å². The highest BCUT2D eigenvalue weighted by atomic mass is 32.2. The van der Waals surface area contributed by atoms with E-state index in [2.05, 4.69) is 16.0 Å². The van der Waals surface area contributed by atoms with Crippen LogP contribution in [0.15, 0.2) is 53.6 Å². The molecule has 0 aliphatic carbocycles. The van der Waals surface area contributed by atoms with Crippen LogP contribution in [0.1, 0.15) is 48.1 Å². The third kappa shape index (κ3) is 5.23. The molecule has 1 fully saturated rings. The molecule has 0 spiro atoms. The highest BCUT2D eigenvalue weighted by Crippen LogP contribution is 2.36. The predicted octanol–water partition coefficient (Wildman–Crippen LogP) is 4.91. The molecule has 1 aliphatic heterocycles. The Morgan fingerprint density at radius 2 is 1.94 bits per heavy atom. The number of pyridine rings is 1. The molecule has 3 N–H and O–H groups in total. The third-order valence-electron chi connectivity index (χ3n) is 6.19. The highest BCUT2D eigenvalue weighted by Gasteiger charge is 2.24. The lowest BCUT2D eigenvalue weighted by Gasteiger charge is -2.27. The van der Waals surface area contributed by atoms with Gasteiger partial charge >= 0.3 is 0 Å². The lowest BCUT2D eigenvalue weighted by molar-refractivity contribution is 0.0626. The molecule has 2 unspecified atom stereocenters. The summed E-state index contributed by atoms with van der Waals surface area (Å²) >= 11 is 1.41. The van der Waals surface area contributed by atoms with Crippen molar-refractivity contribution in [2.75, 3.05) is 26.1 Å². The van der Waals surface area contributed by atoms with E-state index < -0.39 is 6.10 Å². The molecule has 0 bridgehead atoms. The summed E-state index contributed by atoms with van der Waals surface area (Å²) in [5, 5.41) is 18.9. The minimum absolute atomic E-state index is 0.0488. The van der Waals surface area contributed by atoms with Crippen LogP contribution in [-0.2, 0) is 4.74 Å². The monoisotopic (exact) mass is 456 g/mol. The van der Waals surface area contributed by atoms with Gasteiger partial charge in [-0.05, 0) is 67.3 Å². The predicted molar refractivity (Wildman–Crippen MR) is 124 cm³/mol. The first-order valence-corrected chi connectivity index (χ1v) is 12.2. The van der Waals surface area contributed by atoms with Gasteiger partial charge in [0, 0.05) is 41.5 Å². The maximum absolute atomic E-state index is 14.6. The fourth-order valence-corrected chi connectivity index (χ4v) is 4.75. The highest BCUT2D eigenvalue weighted by molar-refractivity contribution is 7.98. The Morgan fingerprint density at radius 3 is 2.59 bits per heavy atom. The van der Waals surface area contributed by atoms with Gasteiger partial charge in [-0.1, -0.05) is 12.1 Å². The van der Waals surface area contributed by atoms with Crippen molar-refractivity contribution in [2.24, 2.45) is 5.92 Å². The lowest BCUT2D eigenvalue weighted by atomic mass is 9.83. The number of aromatic amines is 1. The number of ether oxygens (including phenoxy) is 1. The Balaban J connectivity index is 1.62. The first-order valence-electron chi connectivity index (χ1n) is 10.9. The second-order valence-electron chi connectivity index (χ2n) is 8.24. The molecule has 5 nitrogen and oxygen atoms in total. The van der Waals surface area contributed by atoms with Crippen molar-refractivity contribution in [2.45, 2.75) is 36.2 Å². The molecular weight excluding hydrogens is 427 g/mol. The van der Waals surface area contributed by atoms with Crippen molar-refractivity contribution in [1.29, 1.82) is 0 Å². The van der Waals surface area contributed by atoms with Gasteiger partial charge < -0.3 is 19.9 Å². The van der Waals surface area contributed by atoms with Crippen LogP contribution < -0.4 is 0 Å². The second-order valence-corrected chi connectivity index (χ2v) is 9.09. The Labute approximate surface area is 192 Å². The molecule has 1 saturated heterocycles. The molecule has 170 valence electrons. The summed E-state index contributed by atoms with van der Waals surface area (Å²) in [6.07, 6.45) is 5.49. The van der Waals surface area contributed by atoms with Crippen LogP contribution >= 0.6 is 11.8 Å². The van der Waals surface area contributed by atoms with E-state index >= 15 is 0 Å².